The third-order valence-electron chi connectivity index (χ3n) is 1.87. The number of nitrogens with one attached hydrogen (secondary N) is 1. The third-order valence-corrected chi connectivity index (χ3v) is 2.05. The topological polar surface area (TPSA) is 112 Å². The number of carboxylic acid groups (broad SMARTS) is 1. The highest BCUT2D eigenvalue weighted by Gasteiger charge is 2.25. The quantitative estimate of drug-likeness (QED) is 0.684. The lowest BCUT2D eigenvalue weighted by atomic mass is 10.2. The van der Waals surface area contributed by atoms with Gasteiger partial charge in [-0.1, -0.05) is 11.6 Å². The van der Waals surface area contributed by atoms with Crippen molar-refractivity contribution in [2.24, 2.45) is 0 Å². The fraction of sp³-hybridized carbons (Fsp3) is 0.333. The van der Waals surface area contributed by atoms with E-state index in [9.17, 15) is 14.7 Å². The summed E-state index contributed by atoms with van der Waals surface area (Å²) in [6.07, 6.45) is 1.15. The molecular weight excluding hydrogens is 250 g/mol. The maximum absolute atomic E-state index is 11.6. The summed E-state index contributed by atoms with van der Waals surface area (Å²) in [4.78, 5) is 29.6. The molecule has 1 aromatic heterocycles. The molecule has 0 saturated carbocycles. The van der Waals surface area contributed by atoms with E-state index in [1.54, 1.807) is 0 Å². The lowest BCUT2D eigenvalue weighted by molar-refractivity contribution is -0.141. The number of aliphatic hydroxyl groups is 1. The Morgan fingerprint density at radius 3 is 2.59 bits per heavy atom. The predicted octanol–water partition coefficient (Wildman–Crippen LogP) is -0.306. The van der Waals surface area contributed by atoms with Gasteiger partial charge in [0.05, 0.1) is 18.5 Å². The van der Waals surface area contributed by atoms with Crippen molar-refractivity contribution in [3.8, 4) is 0 Å². The van der Waals surface area contributed by atoms with Crippen molar-refractivity contribution in [3.63, 3.8) is 0 Å². The van der Waals surface area contributed by atoms with Gasteiger partial charge in [-0.2, -0.15) is 0 Å². The molecular formula is C9H10ClN3O4. The second kappa shape index (κ2) is 5.55. The van der Waals surface area contributed by atoms with Gasteiger partial charge >= 0.3 is 5.97 Å². The van der Waals surface area contributed by atoms with E-state index >= 15 is 0 Å². The number of aromatic nitrogens is 2. The van der Waals surface area contributed by atoms with Crippen LogP contribution in [0.4, 0.5) is 0 Å². The molecule has 1 amide bonds. The molecule has 0 radical (unpaired) electrons. The number of hydrogen-bond donors (Lipinski definition) is 3. The minimum Gasteiger partial charge on any atom is -0.480 e. The third kappa shape index (κ3) is 3.65. The Morgan fingerprint density at radius 1 is 1.47 bits per heavy atom. The zero-order valence-electron chi connectivity index (χ0n) is 8.79. The van der Waals surface area contributed by atoms with Gasteiger partial charge in [-0.3, -0.25) is 9.78 Å². The molecule has 0 aromatic carbocycles. The van der Waals surface area contributed by atoms with Crippen molar-refractivity contribution in [1.82, 2.24) is 15.3 Å². The van der Waals surface area contributed by atoms with Gasteiger partial charge in [-0.15, -0.1) is 0 Å². The number of halogens is 1. The molecule has 0 saturated heterocycles. The summed E-state index contributed by atoms with van der Waals surface area (Å²) in [5.74, 6) is -2.11. The van der Waals surface area contributed by atoms with Crippen molar-refractivity contribution < 1.29 is 19.8 Å². The molecule has 0 fully saturated rings. The predicted molar refractivity (Wildman–Crippen MR) is 57.6 cm³/mol. The normalized spacial score (nSPS) is 13.8. The number of aliphatic carboxylic acids is 1. The SMILES string of the molecule is CC(O)C(NC(=O)c1cncc(Cl)n1)C(=O)O. The Balaban J connectivity index is 2.81. The summed E-state index contributed by atoms with van der Waals surface area (Å²) < 4.78 is 0. The summed E-state index contributed by atoms with van der Waals surface area (Å²) in [6.45, 7) is 1.25. The molecule has 0 bridgehead atoms. The van der Waals surface area contributed by atoms with Crippen LogP contribution in [0.2, 0.25) is 5.15 Å². The molecule has 8 heteroatoms. The fourth-order valence-corrected chi connectivity index (χ4v) is 1.20. The number of amides is 1. The monoisotopic (exact) mass is 259 g/mol. The number of carboxylic acids is 1. The van der Waals surface area contributed by atoms with E-state index in [0.29, 0.717) is 0 Å². The Kier molecular flexibility index (Phi) is 4.36. The number of carbonyl (C=O) groups is 2. The maximum atomic E-state index is 11.6. The molecule has 2 unspecified atom stereocenters. The minimum absolute atomic E-state index is 0.0153. The summed E-state index contributed by atoms with van der Waals surface area (Å²) in [5, 5.41) is 20.1. The van der Waals surface area contributed by atoms with Crippen LogP contribution >= 0.6 is 11.6 Å². The first-order valence-corrected chi connectivity index (χ1v) is 4.99. The molecule has 3 N–H and O–H groups in total. The van der Waals surface area contributed by atoms with Crippen LogP contribution in [-0.2, 0) is 4.79 Å². The Bertz CT molecular complexity index is 438. The van der Waals surface area contributed by atoms with Crippen LogP contribution in [0.5, 0.6) is 0 Å². The molecule has 0 aliphatic rings. The molecule has 17 heavy (non-hydrogen) atoms. The first-order chi connectivity index (χ1) is 7.91. The molecule has 1 rings (SSSR count). The molecule has 7 nitrogen and oxygen atoms in total. The molecule has 92 valence electrons. The number of nitrogens with zero attached hydrogens (tertiary/aromatic N) is 2. The first kappa shape index (κ1) is 13.3. The lowest BCUT2D eigenvalue weighted by Gasteiger charge is -2.16. The smallest absolute Gasteiger partial charge is 0.328 e. The van der Waals surface area contributed by atoms with E-state index in [4.69, 9.17) is 16.7 Å². The van der Waals surface area contributed by atoms with Crippen molar-refractivity contribution in [1.29, 1.82) is 0 Å². The van der Waals surface area contributed by atoms with Gasteiger partial charge in [0.15, 0.2) is 6.04 Å². The van der Waals surface area contributed by atoms with Crippen LogP contribution < -0.4 is 5.32 Å². The Labute approximate surface area is 101 Å². The van der Waals surface area contributed by atoms with Gasteiger partial charge in [0.1, 0.15) is 10.8 Å². The number of hydrogen-bond acceptors (Lipinski definition) is 5. The highest BCUT2D eigenvalue weighted by atomic mass is 35.5. The van der Waals surface area contributed by atoms with Gasteiger partial charge in [0.25, 0.3) is 5.91 Å². The first-order valence-electron chi connectivity index (χ1n) is 4.61. The summed E-state index contributed by atoms with van der Waals surface area (Å²) in [6, 6.07) is -1.41. The zero-order chi connectivity index (χ0) is 13.0. The second-order valence-corrected chi connectivity index (χ2v) is 3.64. The van der Waals surface area contributed by atoms with E-state index in [1.807, 2.05) is 0 Å². The van der Waals surface area contributed by atoms with Crippen LogP contribution in [-0.4, -0.2) is 44.2 Å². The van der Waals surface area contributed by atoms with Gasteiger partial charge < -0.3 is 15.5 Å². The Morgan fingerprint density at radius 2 is 2.12 bits per heavy atom. The van der Waals surface area contributed by atoms with E-state index in [0.717, 1.165) is 6.20 Å². The second-order valence-electron chi connectivity index (χ2n) is 3.26. The molecule has 0 aliphatic heterocycles. The zero-order valence-corrected chi connectivity index (χ0v) is 9.55. The number of rotatable bonds is 4. The molecule has 1 heterocycles. The van der Waals surface area contributed by atoms with Crippen molar-refractivity contribution in [2.75, 3.05) is 0 Å². The van der Waals surface area contributed by atoms with Crippen LogP contribution in [0.15, 0.2) is 12.4 Å². The van der Waals surface area contributed by atoms with Crippen molar-refractivity contribution in [3.05, 3.63) is 23.2 Å². The van der Waals surface area contributed by atoms with Gasteiger partial charge in [0, 0.05) is 0 Å². The van der Waals surface area contributed by atoms with Gasteiger partial charge in [0.2, 0.25) is 0 Å². The summed E-state index contributed by atoms with van der Waals surface area (Å²) >= 11 is 5.53. The van der Waals surface area contributed by atoms with Crippen molar-refractivity contribution >= 4 is 23.5 Å². The highest BCUT2D eigenvalue weighted by molar-refractivity contribution is 6.29. The largest absolute Gasteiger partial charge is 0.480 e. The average Bonchev–Trinajstić information content (AvgIpc) is 2.24. The Hall–Kier alpha value is -1.73. The van der Waals surface area contributed by atoms with E-state index in [2.05, 4.69) is 15.3 Å². The van der Waals surface area contributed by atoms with Crippen LogP contribution in [0.25, 0.3) is 0 Å². The van der Waals surface area contributed by atoms with Gasteiger partial charge in [-0.25, -0.2) is 9.78 Å². The van der Waals surface area contributed by atoms with Crippen LogP contribution in [0.3, 0.4) is 0 Å². The van der Waals surface area contributed by atoms with E-state index < -0.39 is 24.0 Å². The minimum atomic E-state index is -1.41. The fourth-order valence-electron chi connectivity index (χ4n) is 1.06. The van der Waals surface area contributed by atoms with Gasteiger partial charge in [-0.05, 0) is 6.92 Å². The highest BCUT2D eigenvalue weighted by Crippen LogP contribution is 2.03. The van der Waals surface area contributed by atoms with E-state index in [-0.39, 0.29) is 10.8 Å². The molecule has 0 aliphatic carbocycles. The summed E-state index contributed by atoms with van der Waals surface area (Å²) in [7, 11) is 0. The molecule has 2 atom stereocenters. The summed E-state index contributed by atoms with van der Waals surface area (Å²) in [5.41, 5.74) is -0.121. The standard InChI is InChI=1S/C9H10ClN3O4/c1-4(14)7(9(16)17)13-8(15)5-2-11-3-6(10)12-5/h2-4,7,14H,1H3,(H,13,15)(H,16,17). The van der Waals surface area contributed by atoms with Crippen LogP contribution in [0, 0.1) is 0 Å². The number of aliphatic hydroxyl groups excluding tert-OH is 1. The maximum Gasteiger partial charge on any atom is 0.328 e. The van der Waals surface area contributed by atoms with Crippen molar-refractivity contribution in [2.45, 2.75) is 19.1 Å². The molecule has 0 spiro atoms. The van der Waals surface area contributed by atoms with Crippen LogP contribution in [0.1, 0.15) is 17.4 Å². The lowest BCUT2D eigenvalue weighted by Crippen LogP contribution is -2.47. The molecule has 1 aromatic rings. The van der Waals surface area contributed by atoms with E-state index in [1.165, 1.54) is 13.1 Å². The number of carbonyl (C=O) groups excluding carboxylic acids is 1. The average molecular weight is 260 g/mol.